The molecule has 1 atom stereocenters. The summed E-state index contributed by atoms with van der Waals surface area (Å²) in [5.74, 6) is 0.476. The van der Waals surface area contributed by atoms with Gasteiger partial charge in [-0.3, -0.25) is 0 Å². The second kappa shape index (κ2) is 4.83. The van der Waals surface area contributed by atoms with Crippen molar-refractivity contribution in [3.05, 3.63) is 52.8 Å². The molecular weight excluding hydrogens is 265 g/mol. The van der Waals surface area contributed by atoms with Crippen LogP contribution < -0.4 is 10.5 Å². The number of nitrogens with two attached hydrogens (primary N) is 1. The van der Waals surface area contributed by atoms with E-state index >= 15 is 0 Å². The molecule has 0 saturated carbocycles. The average Bonchev–Trinajstić information content (AvgIpc) is 2.81. The molecule has 4 heteroatoms. The highest BCUT2D eigenvalue weighted by Gasteiger charge is 2.25. The Balaban J connectivity index is 2.10. The van der Waals surface area contributed by atoms with E-state index in [-0.39, 0.29) is 11.9 Å². The lowest BCUT2D eigenvalue weighted by Crippen LogP contribution is -2.24. The zero-order valence-corrected chi connectivity index (χ0v) is 11.0. The molecular formula is C15H13ClFNO. The first-order valence-corrected chi connectivity index (χ1v) is 6.50. The van der Waals surface area contributed by atoms with Crippen molar-refractivity contribution < 1.29 is 9.13 Å². The Labute approximate surface area is 115 Å². The Hall–Kier alpha value is -1.58. The van der Waals surface area contributed by atoms with Gasteiger partial charge in [-0.25, -0.2) is 4.39 Å². The van der Waals surface area contributed by atoms with Gasteiger partial charge < -0.3 is 10.5 Å². The van der Waals surface area contributed by atoms with Crippen molar-refractivity contribution in [1.82, 2.24) is 0 Å². The van der Waals surface area contributed by atoms with Gasteiger partial charge in [-0.2, -0.15) is 0 Å². The van der Waals surface area contributed by atoms with Crippen LogP contribution in [-0.2, 0) is 6.42 Å². The molecule has 3 rings (SSSR count). The molecule has 2 N–H and O–H groups in total. The van der Waals surface area contributed by atoms with Crippen molar-refractivity contribution in [3.63, 3.8) is 0 Å². The van der Waals surface area contributed by atoms with Crippen molar-refractivity contribution in [2.75, 3.05) is 6.54 Å². The fourth-order valence-electron chi connectivity index (χ4n) is 2.37. The van der Waals surface area contributed by atoms with Crippen LogP contribution in [0.3, 0.4) is 0 Å². The molecule has 0 saturated heterocycles. The summed E-state index contributed by atoms with van der Waals surface area (Å²) in [5.41, 5.74) is 8.14. The molecule has 1 aliphatic heterocycles. The first kappa shape index (κ1) is 12.5. The number of benzene rings is 2. The number of hydrogen-bond donors (Lipinski definition) is 1. The topological polar surface area (TPSA) is 35.2 Å². The highest BCUT2D eigenvalue weighted by Crippen LogP contribution is 2.39. The normalized spacial score (nSPS) is 17.1. The van der Waals surface area contributed by atoms with E-state index in [0.29, 0.717) is 18.0 Å². The van der Waals surface area contributed by atoms with Gasteiger partial charge in [0.25, 0.3) is 0 Å². The maximum Gasteiger partial charge on any atom is 0.131 e. The van der Waals surface area contributed by atoms with Gasteiger partial charge >= 0.3 is 0 Å². The van der Waals surface area contributed by atoms with Crippen LogP contribution in [0.1, 0.15) is 5.56 Å². The lowest BCUT2D eigenvalue weighted by atomic mass is 10.0. The fourth-order valence-corrected chi connectivity index (χ4v) is 2.50. The van der Waals surface area contributed by atoms with E-state index in [1.807, 2.05) is 12.1 Å². The van der Waals surface area contributed by atoms with Gasteiger partial charge in [-0.15, -0.1) is 0 Å². The molecule has 0 fully saturated rings. The zero-order chi connectivity index (χ0) is 13.4. The molecule has 2 aromatic carbocycles. The molecule has 0 aromatic heterocycles. The fraction of sp³-hybridized carbons (Fsp3) is 0.200. The van der Waals surface area contributed by atoms with Crippen molar-refractivity contribution in [1.29, 1.82) is 0 Å². The molecule has 2 nitrogen and oxygen atoms in total. The molecule has 0 radical (unpaired) electrons. The SMILES string of the molecule is NC[C@@H]1Cc2cc(F)cc(-c3ccc(Cl)cc3)c2O1. The standard InChI is InChI=1S/C15H13ClFNO/c16-11-3-1-9(2-4-11)14-7-12(17)5-10-6-13(8-18)19-15(10)14/h1-5,7,13H,6,8,18H2/t13-/m0/s1. The average molecular weight is 278 g/mol. The quantitative estimate of drug-likeness (QED) is 0.913. The predicted molar refractivity (Wildman–Crippen MR) is 74.0 cm³/mol. The molecule has 0 aliphatic carbocycles. The number of ether oxygens (including phenoxy) is 1. The monoisotopic (exact) mass is 277 g/mol. The first-order chi connectivity index (χ1) is 9.17. The second-order valence-corrected chi connectivity index (χ2v) is 5.06. The molecule has 1 heterocycles. The van der Waals surface area contributed by atoms with E-state index in [1.54, 1.807) is 12.1 Å². The van der Waals surface area contributed by atoms with Crippen LogP contribution in [0.2, 0.25) is 5.02 Å². The lowest BCUT2D eigenvalue weighted by Gasteiger charge is -2.11. The van der Waals surface area contributed by atoms with E-state index in [9.17, 15) is 4.39 Å². The Morgan fingerprint density at radius 1 is 1.26 bits per heavy atom. The van der Waals surface area contributed by atoms with Gasteiger partial charge in [0.15, 0.2) is 0 Å². The van der Waals surface area contributed by atoms with Crippen molar-refractivity contribution >= 4 is 11.6 Å². The van der Waals surface area contributed by atoms with Gasteiger partial charge in [-0.05, 0) is 29.8 Å². The van der Waals surface area contributed by atoms with Crippen LogP contribution in [0.4, 0.5) is 4.39 Å². The van der Waals surface area contributed by atoms with Gasteiger partial charge in [0.05, 0.1) is 0 Å². The van der Waals surface area contributed by atoms with Gasteiger partial charge in [0.1, 0.15) is 17.7 Å². The molecule has 0 spiro atoms. The van der Waals surface area contributed by atoms with Crippen LogP contribution in [0.25, 0.3) is 11.1 Å². The summed E-state index contributed by atoms with van der Waals surface area (Å²) in [4.78, 5) is 0. The van der Waals surface area contributed by atoms with Crippen molar-refractivity contribution in [3.8, 4) is 16.9 Å². The van der Waals surface area contributed by atoms with E-state index < -0.39 is 0 Å². The Kier molecular flexibility index (Phi) is 3.17. The largest absolute Gasteiger partial charge is 0.488 e. The minimum atomic E-state index is -0.259. The summed E-state index contributed by atoms with van der Waals surface area (Å²) in [6.07, 6.45) is 0.590. The minimum Gasteiger partial charge on any atom is -0.488 e. The molecule has 19 heavy (non-hydrogen) atoms. The lowest BCUT2D eigenvalue weighted by molar-refractivity contribution is 0.242. The van der Waals surface area contributed by atoms with E-state index in [0.717, 1.165) is 22.4 Å². The third-order valence-corrected chi connectivity index (χ3v) is 3.53. The number of halogens is 2. The van der Waals surface area contributed by atoms with Gasteiger partial charge in [0, 0.05) is 29.1 Å². The third-order valence-electron chi connectivity index (χ3n) is 3.28. The first-order valence-electron chi connectivity index (χ1n) is 6.12. The number of rotatable bonds is 2. The molecule has 0 unspecified atom stereocenters. The van der Waals surface area contributed by atoms with E-state index in [1.165, 1.54) is 12.1 Å². The van der Waals surface area contributed by atoms with Crippen molar-refractivity contribution in [2.24, 2.45) is 5.73 Å². The molecule has 1 aliphatic rings. The Morgan fingerprint density at radius 3 is 2.68 bits per heavy atom. The summed E-state index contributed by atoms with van der Waals surface area (Å²) in [5, 5.41) is 0.651. The third kappa shape index (κ3) is 2.31. The molecule has 2 aromatic rings. The van der Waals surface area contributed by atoms with Crippen LogP contribution in [0.15, 0.2) is 36.4 Å². The summed E-state index contributed by atoms with van der Waals surface area (Å²) in [6, 6.07) is 10.3. The summed E-state index contributed by atoms with van der Waals surface area (Å²) >= 11 is 5.87. The molecule has 0 amide bonds. The predicted octanol–water partition coefficient (Wildman–Crippen LogP) is 3.41. The van der Waals surface area contributed by atoms with Crippen LogP contribution in [0, 0.1) is 5.82 Å². The number of fused-ring (bicyclic) bond motifs is 1. The smallest absolute Gasteiger partial charge is 0.131 e. The van der Waals surface area contributed by atoms with E-state index in [4.69, 9.17) is 22.1 Å². The van der Waals surface area contributed by atoms with E-state index in [2.05, 4.69) is 0 Å². The highest BCUT2D eigenvalue weighted by atomic mass is 35.5. The highest BCUT2D eigenvalue weighted by molar-refractivity contribution is 6.30. The van der Waals surface area contributed by atoms with Crippen LogP contribution in [-0.4, -0.2) is 12.6 Å². The maximum absolute atomic E-state index is 13.7. The van der Waals surface area contributed by atoms with Gasteiger partial charge in [-0.1, -0.05) is 23.7 Å². The van der Waals surface area contributed by atoms with Gasteiger partial charge in [0.2, 0.25) is 0 Å². The molecule has 98 valence electrons. The zero-order valence-electron chi connectivity index (χ0n) is 10.2. The summed E-state index contributed by atoms with van der Waals surface area (Å²) in [7, 11) is 0. The summed E-state index contributed by atoms with van der Waals surface area (Å²) in [6.45, 7) is 0.427. The van der Waals surface area contributed by atoms with Crippen LogP contribution in [0.5, 0.6) is 5.75 Å². The van der Waals surface area contributed by atoms with Crippen LogP contribution >= 0.6 is 11.6 Å². The number of hydrogen-bond acceptors (Lipinski definition) is 2. The summed E-state index contributed by atoms with van der Waals surface area (Å²) < 4.78 is 19.5. The Morgan fingerprint density at radius 2 is 2.00 bits per heavy atom. The molecule has 0 bridgehead atoms. The van der Waals surface area contributed by atoms with Crippen molar-refractivity contribution in [2.45, 2.75) is 12.5 Å². The maximum atomic E-state index is 13.7. The Bertz CT molecular complexity index is 612. The second-order valence-electron chi connectivity index (χ2n) is 4.63. The minimum absolute atomic E-state index is 0.0668.